The lowest BCUT2D eigenvalue weighted by Crippen LogP contribution is -2.33. The molecule has 1 amide bonds. The zero-order chi connectivity index (χ0) is 21.6. The number of hydrogen-bond acceptors (Lipinski definition) is 5. The first-order chi connectivity index (χ1) is 14.9. The number of nitrogens with one attached hydrogen (secondary N) is 1. The first-order valence-corrected chi connectivity index (χ1v) is 10.3. The molecule has 2 atom stereocenters. The molecule has 5 rings (SSSR count). The Balaban J connectivity index is 1.24. The van der Waals surface area contributed by atoms with Crippen molar-refractivity contribution in [1.82, 2.24) is 4.90 Å². The van der Waals surface area contributed by atoms with E-state index in [1.807, 2.05) is 23.1 Å². The fourth-order valence-corrected chi connectivity index (χ4v) is 4.44. The van der Waals surface area contributed by atoms with Gasteiger partial charge in [0.1, 0.15) is 11.4 Å². The van der Waals surface area contributed by atoms with Crippen LogP contribution in [0.4, 0.5) is 10.1 Å². The molecule has 0 radical (unpaired) electrons. The number of rotatable bonds is 5. The second-order valence-corrected chi connectivity index (χ2v) is 8.32. The standard InChI is InChI=1S/C24H23FN2O4/c25-19-3-1-2-4-22(19)31-18-10-17-12-27(14-24(17,30)11-18)13-21(28)16-5-7-20-15(9-16)6-8-23(29)26-20/h1-5,7,9-11,21,28,30H,6,8,12-14H2,(H,26,29)/t21-,24+/m0/s1. The minimum absolute atomic E-state index is 0.0114. The van der Waals surface area contributed by atoms with Gasteiger partial charge in [-0.1, -0.05) is 24.3 Å². The number of benzene rings is 2. The van der Waals surface area contributed by atoms with Crippen molar-refractivity contribution in [3.8, 4) is 5.75 Å². The van der Waals surface area contributed by atoms with Crippen molar-refractivity contribution < 1.29 is 24.1 Å². The van der Waals surface area contributed by atoms with Crippen LogP contribution in [0.1, 0.15) is 23.7 Å². The molecular weight excluding hydrogens is 399 g/mol. The van der Waals surface area contributed by atoms with Gasteiger partial charge < -0.3 is 20.3 Å². The smallest absolute Gasteiger partial charge is 0.224 e. The highest BCUT2D eigenvalue weighted by molar-refractivity contribution is 5.93. The molecule has 160 valence electrons. The summed E-state index contributed by atoms with van der Waals surface area (Å²) in [6, 6.07) is 11.7. The largest absolute Gasteiger partial charge is 0.455 e. The number of halogens is 1. The molecule has 6 nitrogen and oxygen atoms in total. The molecule has 0 spiro atoms. The maximum absolute atomic E-state index is 13.8. The number of amides is 1. The normalized spacial score (nSPS) is 23.5. The Morgan fingerprint density at radius 2 is 2.06 bits per heavy atom. The first-order valence-electron chi connectivity index (χ1n) is 10.3. The molecule has 2 aliphatic heterocycles. The number of likely N-dealkylation sites (tertiary alicyclic amines) is 1. The third-order valence-electron chi connectivity index (χ3n) is 6.02. The molecule has 3 aliphatic rings. The Bertz CT molecular complexity index is 1110. The topological polar surface area (TPSA) is 82.0 Å². The molecule has 0 saturated carbocycles. The molecule has 31 heavy (non-hydrogen) atoms. The minimum atomic E-state index is -1.18. The molecule has 2 aromatic rings. The average Bonchev–Trinajstić information content (AvgIpc) is 3.19. The monoisotopic (exact) mass is 422 g/mol. The van der Waals surface area contributed by atoms with Crippen molar-refractivity contribution >= 4 is 11.6 Å². The summed E-state index contributed by atoms with van der Waals surface area (Å²) in [5.74, 6) is 0.0853. The molecule has 0 unspecified atom stereocenters. The van der Waals surface area contributed by atoms with E-state index in [4.69, 9.17) is 4.74 Å². The van der Waals surface area contributed by atoms with E-state index >= 15 is 0 Å². The van der Waals surface area contributed by atoms with Crippen LogP contribution in [-0.2, 0) is 11.2 Å². The summed E-state index contributed by atoms with van der Waals surface area (Å²) in [5, 5.41) is 24.6. The SMILES string of the molecule is O=C1CCc2cc([C@@H](O)CN3CC4=CC(Oc5ccccc5F)=C[C@@]4(O)C3)ccc2N1. The van der Waals surface area contributed by atoms with E-state index in [2.05, 4.69) is 5.32 Å². The van der Waals surface area contributed by atoms with Crippen molar-refractivity contribution in [3.63, 3.8) is 0 Å². The number of nitrogens with zero attached hydrogens (tertiary/aromatic N) is 1. The highest BCUT2D eigenvalue weighted by Gasteiger charge is 2.43. The number of fused-ring (bicyclic) bond motifs is 2. The third-order valence-corrected chi connectivity index (χ3v) is 6.02. The summed E-state index contributed by atoms with van der Waals surface area (Å²) >= 11 is 0. The molecule has 2 aromatic carbocycles. The first kappa shape index (κ1) is 19.9. The fraction of sp³-hybridized carbons (Fsp3) is 0.292. The van der Waals surface area contributed by atoms with Gasteiger partial charge in [0.05, 0.1) is 6.10 Å². The predicted octanol–water partition coefficient (Wildman–Crippen LogP) is 2.69. The van der Waals surface area contributed by atoms with Gasteiger partial charge in [-0.05, 0) is 53.5 Å². The van der Waals surface area contributed by atoms with Gasteiger partial charge in [-0.2, -0.15) is 0 Å². The van der Waals surface area contributed by atoms with Gasteiger partial charge in [0, 0.05) is 31.7 Å². The number of aryl methyl sites for hydroxylation is 1. The Kier molecular flexibility index (Phi) is 4.89. The number of β-amino-alcohol motifs (C(OH)–C–C–N with tert-alkyl or cyclic N) is 2. The molecule has 0 bridgehead atoms. The van der Waals surface area contributed by atoms with Crippen LogP contribution in [0.3, 0.4) is 0 Å². The highest BCUT2D eigenvalue weighted by atomic mass is 19.1. The van der Waals surface area contributed by atoms with E-state index in [0.29, 0.717) is 38.2 Å². The van der Waals surface area contributed by atoms with Crippen molar-refractivity contribution in [2.75, 3.05) is 25.0 Å². The van der Waals surface area contributed by atoms with Crippen molar-refractivity contribution in [2.24, 2.45) is 0 Å². The molecule has 7 heteroatoms. The molecule has 1 saturated heterocycles. The Morgan fingerprint density at radius 1 is 1.23 bits per heavy atom. The van der Waals surface area contributed by atoms with Gasteiger partial charge in [-0.3, -0.25) is 9.69 Å². The van der Waals surface area contributed by atoms with Gasteiger partial charge in [-0.25, -0.2) is 4.39 Å². The van der Waals surface area contributed by atoms with Gasteiger partial charge in [0.2, 0.25) is 5.91 Å². The second-order valence-electron chi connectivity index (χ2n) is 8.32. The van der Waals surface area contributed by atoms with Crippen LogP contribution < -0.4 is 10.1 Å². The number of para-hydroxylation sites is 1. The maximum Gasteiger partial charge on any atom is 0.224 e. The molecule has 1 fully saturated rings. The lowest BCUT2D eigenvalue weighted by Gasteiger charge is -2.23. The number of aliphatic hydroxyl groups is 2. The molecule has 3 N–H and O–H groups in total. The summed E-state index contributed by atoms with van der Waals surface area (Å²) in [6.45, 7) is 1.17. The number of ether oxygens (including phenoxy) is 1. The quantitative estimate of drug-likeness (QED) is 0.690. The molecule has 2 heterocycles. The Labute approximate surface area is 179 Å². The summed E-state index contributed by atoms with van der Waals surface area (Å²) in [6.07, 6.45) is 3.73. The van der Waals surface area contributed by atoms with Gasteiger partial charge in [0.25, 0.3) is 0 Å². The van der Waals surface area contributed by atoms with Crippen LogP contribution in [0.5, 0.6) is 5.75 Å². The predicted molar refractivity (Wildman–Crippen MR) is 113 cm³/mol. The van der Waals surface area contributed by atoms with Gasteiger partial charge in [0.15, 0.2) is 11.6 Å². The van der Waals surface area contributed by atoms with Crippen LogP contribution >= 0.6 is 0 Å². The van der Waals surface area contributed by atoms with Crippen LogP contribution in [0.15, 0.2) is 65.9 Å². The van der Waals surface area contributed by atoms with E-state index in [-0.39, 0.29) is 11.7 Å². The van der Waals surface area contributed by atoms with Crippen molar-refractivity contribution in [2.45, 2.75) is 24.5 Å². The van der Waals surface area contributed by atoms with Crippen molar-refractivity contribution in [3.05, 3.63) is 82.9 Å². The zero-order valence-electron chi connectivity index (χ0n) is 16.8. The van der Waals surface area contributed by atoms with Crippen LogP contribution in [0, 0.1) is 5.82 Å². The van der Waals surface area contributed by atoms with Crippen LogP contribution in [0.25, 0.3) is 0 Å². The zero-order valence-corrected chi connectivity index (χ0v) is 16.8. The number of carbonyl (C=O) groups is 1. The van der Waals surface area contributed by atoms with E-state index in [0.717, 1.165) is 22.4 Å². The molecule has 0 aromatic heterocycles. The summed E-state index contributed by atoms with van der Waals surface area (Å²) in [4.78, 5) is 13.5. The summed E-state index contributed by atoms with van der Waals surface area (Å²) in [7, 11) is 0. The van der Waals surface area contributed by atoms with Gasteiger partial charge >= 0.3 is 0 Å². The Hall–Kier alpha value is -3.00. The van der Waals surface area contributed by atoms with Gasteiger partial charge in [-0.15, -0.1) is 0 Å². The number of carbonyl (C=O) groups excluding carboxylic acids is 1. The number of hydrogen-bond donors (Lipinski definition) is 3. The minimum Gasteiger partial charge on any atom is -0.455 e. The highest BCUT2D eigenvalue weighted by Crippen LogP contribution is 2.37. The molecular formula is C24H23FN2O4. The lowest BCUT2D eigenvalue weighted by molar-refractivity contribution is -0.116. The van der Waals surface area contributed by atoms with E-state index in [9.17, 15) is 19.4 Å². The third kappa shape index (κ3) is 3.87. The Morgan fingerprint density at radius 3 is 2.87 bits per heavy atom. The second kappa shape index (κ2) is 7.60. The summed E-state index contributed by atoms with van der Waals surface area (Å²) in [5.41, 5.74) is 2.19. The van der Waals surface area contributed by atoms with E-state index in [1.54, 1.807) is 30.4 Å². The number of anilines is 1. The fourth-order valence-electron chi connectivity index (χ4n) is 4.44. The van der Waals surface area contributed by atoms with Crippen molar-refractivity contribution in [1.29, 1.82) is 0 Å². The van der Waals surface area contributed by atoms with E-state index < -0.39 is 17.5 Å². The number of aliphatic hydroxyl groups excluding tert-OH is 1. The average molecular weight is 422 g/mol. The van der Waals surface area contributed by atoms with Crippen LogP contribution in [0.2, 0.25) is 0 Å². The van der Waals surface area contributed by atoms with E-state index in [1.165, 1.54) is 6.07 Å². The maximum atomic E-state index is 13.8. The molecule has 1 aliphatic carbocycles. The lowest BCUT2D eigenvalue weighted by atomic mass is 9.98. The summed E-state index contributed by atoms with van der Waals surface area (Å²) < 4.78 is 19.4. The number of allylic oxidation sites excluding steroid dienone is 1. The van der Waals surface area contributed by atoms with Crippen LogP contribution in [-0.4, -0.2) is 46.3 Å².